The number of nitrogens with one attached hydrogen (secondary N) is 2. The third kappa shape index (κ3) is 5.37. The molecule has 2 N–H and O–H groups in total. The summed E-state index contributed by atoms with van der Waals surface area (Å²) >= 11 is 5.89. The molecule has 0 aliphatic carbocycles. The van der Waals surface area contributed by atoms with Gasteiger partial charge in [-0.25, -0.2) is 0 Å². The van der Waals surface area contributed by atoms with E-state index in [1.54, 1.807) is 30.3 Å². The normalized spacial score (nSPS) is 10.4. The molecule has 3 rings (SSSR count). The lowest BCUT2D eigenvalue weighted by atomic mass is 10.2. The zero-order valence-corrected chi connectivity index (χ0v) is 16.0. The van der Waals surface area contributed by atoms with Crippen LogP contribution in [0.3, 0.4) is 0 Å². The Labute approximate surface area is 167 Å². The van der Waals surface area contributed by atoms with E-state index in [9.17, 15) is 9.59 Å². The molecule has 0 saturated carbocycles. The summed E-state index contributed by atoms with van der Waals surface area (Å²) in [7, 11) is 0. The second-order valence-corrected chi connectivity index (χ2v) is 6.49. The molecule has 1 aromatic heterocycles. The van der Waals surface area contributed by atoms with E-state index < -0.39 is 5.91 Å². The highest BCUT2D eigenvalue weighted by Crippen LogP contribution is 2.19. The van der Waals surface area contributed by atoms with Gasteiger partial charge in [-0.1, -0.05) is 29.8 Å². The van der Waals surface area contributed by atoms with Crippen LogP contribution in [0.4, 0.5) is 5.69 Å². The number of anilines is 1. The number of hydrogen-bond acceptors (Lipinski definition) is 4. The number of furan rings is 1. The molecule has 3 aromatic rings. The van der Waals surface area contributed by atoms with E-state index in [1.165, 1.54) is 0 Å². The number of para-hydroxylation sites is 1. The minimum Gasteiger partial charge on any atom is -0.486 e. The molecule has 28 heavy (non-hydrogen) atoms. The Morgan fingerprint density at radius 3 is 2.61 bits per heavy atom. The van der Waals surface area contributed by atoms with E-state index in [2.05, 4.69) is 10.6 Å². The lowest BCUT2D eigenvalue weighted by molar-refractivity contribution is -0.115. The Hall–Kier alpha value is -3.25. The van der Waals surface area contributed by atoms with E-state index >= 15 is 0 Å². The summed E-state index contributed by atoms with van der Waals surface area (Å²) in [6.45, 7) is 1.85. The second kappa shape index (κ2) is 9.10. The molecular weight excluding hydrogens is 380 g/mol. The first-order valence-corrected chi connectivity index (χ1v) is 9.00. The standard InChI is InChI=1S/C21H19ClN2O4/c1-14-11-15(22)7-9-18(14)24-20(25)12-23-21(26)19-10-8-17(28-19)13-27-16-5-3-2-4-6-16/h2-11H,12-13H2,1H3,(H,23,26)(H,24,25). The number of rotatable bonds is 7. The van der Waals surface area contributed by atoms with E-state index in [-0.39, 0.29) is 24.8 Å². The van der Waals surface area contributed by atoms with Gasteiger partial charge in [0.2, 0.25) is 5.91 Å². The maximum atomic E-state index is 12.2. The van der Waals surface area contributed by atoms with Crippen molar-refractivity contribution in [2.24, 2.45) is 0 Å². The van der Waals surface area contributed by atoms with Gasteiger partial charge in [0.25, 0.3) is 5.91 Å². The highest BCUT2D eigenvalue weighted by Gasteiger charge is 2.13. The number of carbonyl (C=O) groups excluding carboxylic acids is 2. The van der Waals surface area contributed by atoms with Gasteiger partial charge >= 0.3 is 0 Å². The third-order valence-corrected chi connectivity index (χ3v) is 4.12. The van der Waals surface area contributed by atoms with Crippen molar-refractivity contribution < 1.29 is 18.7 Å². The summed E-state index contributed by atoms with van der Waals surface area (Å²) in [4.78, 5) is 24.2. The Balaban J connectivity index is 1.48. The number of benzene rings is 2. The number of aryl methyl sites for hydroxylation is 1. The number of ether oxygens (including phenoxy) is 1. The van der Waals surface area contributed by atoms with Crippen LogP contribution in [0.2, 0.25) is 5.02 Å². The summed E-state index contributed by atoms with van der Waals surface area (Å²) in [5, 5.41) is 5.84. The fourth-order valence-corrected chi connectivity index (χ4v) is 2.68. The van der Waals surface area contributed by atoms with Crippen molar-refractivity contribution in [3.63, 3.8) is 0 Å². The Morgan fingerprint density at radius 1 is 1.07 bits per heavy atom. The molecule has 0 bridgehead atoms. The van der Waals surface area contributed by atoms with Crippen molar-refractivity contribution in [3.05, 3.63) is 82.8 Å². The minimum atomic E-state index is -0.478. The molecule has 0 spiro atoms. The third-order valence-electron chi connectivity index (χ3n) is 3.88. The summed E-state index contributed by atoms with van der Waals surface area (Å²) in [6, 6.07) is 17.6. The molecule has 0 aliphatic heterocycles. The maximum Gasteiger partial charge on any atom is 0.287 e. The quantitative estimate of drug-likeness (QED) is 0.625. The fourth-order valence-electron chi connectivity index (χ4n) is 2.46. The summed E-state index contributed by atoms with van der Waals surface area (Å²) < 4.78 is 11.0. The van der Waals surface area contributed by atoms with E-state index in [0.29, 0.717) is 22.2 Å². The number of amides is 2. The van der Waals surface area contributed by atoms with Crippen LogP contribution in [-0.4, -0.2) is 18.4 Å². The second-order valence-electron chi connectivity index (χ2n) is 6.06. The van der Waals surface area contributed by atoms with Crippen LogP contribution in [-0.2, 0) is 11.4 Å². The maximum absolute atomic E-state index is 12.2. The molecule has 1 heterocycles. The Bertz CT molecular complexity index is 970. The summed E-state index contributed by atoms with van der Waals surface area (Å²) in [6.07, 6.45) is 0. The first kappa shape index (κ1) is 19.5. The molecule has 0 saturated heterocycles. The average Bonchev–Trinajstić information content (AvgIpc) is 3.17. The zero-order chi connectivity index (χ0) is 19.9. The van der Waals surface area contributed by atoms with Crippen LogP contribution in [0.1, 0.15) is 21.9 Å². The van der Waals surface area contributed by atoms with Crippen molar-refractivity contribution in [1.82, 2.24) is 5.32 Å². The molecule has 6 nitrogen and oxygen atoms in total. The molecule has 0 atom stereocenters. The van der Waals surface area contributed by atoms with Crippen LogP contribution in [0.15, 0.2) is 65.1 Å². The first-order valence-electron chi connectivity index (χ1n) is 8.62. The fraction of sp³-hybridized carbons (Fsp3) is 0.143. The Morgan fingerprint density at radius 2 is 1.86 bits per heavy atom. The van der Waals surface area contributed by atoms with Crippen LogP contribution in [0, 0.1) is 6.92 Å². The van der Waals surface area contributed by atoms with Crippen molar-refractivity contribution in [1.29, 1.82) is 0 Å². The highest BCUT2D eigenvalue weighted by molar-refractivity contribution is 6.30. The molecule has 144 valence electrons. The SMILES string of the molecule is Cc1cc(Cl)ccc1NC(=O)CNC(=O)c1ccc(COc2ccccc2)o1. The molecule has 2 amide bonds. The summed E-state index contributed by atoms with van der Waals surface area (Å²) in [5.41, 5.74) is 1.48. The van der Waals surface area contributed by atoms with Gasteiger partial charge in [-0.05, 0) is 55.0 Å². The first-order chi connectivity index (χ1) is 13.5. The molecule has 0 radical (unpaired) electrons. The number of halogens is 1. The number of carbonyl (C=O) groups is 2. The van der Waals surface area contributed by atoms with Crippen LogP contribution in [0.25, 0.3) is 0 Å². The molecule has 0 aliphatic rings. The monoisotopic (exact) mass is 398 g/mol. The zero-order valence-electron chi connectivity index (χ0n) is 15.2. The summed E-state index contributed by atoms with van der Waals surface area (Å²) in [5.74, 6) is 0.503. The molecule has 0 unspecified atom stereocenters. The van der Waals surface area contributed by atoms with E-state index in [0.717, 1.165) is 5.56 Å². The van der Waals surface area contributed by atoms with E-state index in [1.807, 2.05) is 37.3 Å². The van der Waals surface area contributed by atoms with Crippen LogP contribution in [0.5, 0.6) is 5.75 Å². The average molecular weight is 399 g/mol. The van der Waals surface area contributed by atoms with Crippen molar-refractivity contribution in [3.8, 4) is 5.75 Å². The van der Waals surface area contributed by atoms with Gasteiger partial charge in [-0.15, -0.1) is 0 Å². The lowest BCUT2D eigenvalue weighted by Crippen LogP contribution is -2.32. The molecule has 7 heteroatoms. The topological polar surface area (TPSA) is 80.6 Å². The molecule has 2 aromatic carbocycles. The largest absolute Gasteiger partial charge is 0.486 e. The van der Waals surface area contributed by atoms with Crippen LogP contribution >= 0.6 is 11.6 Å². The highest BCUT2D eigenvalue weighted by atomic mass is 35.5. The van der Waals surface area contributed by atoms with Gasteiger partial charge in [0, 0.05) is 10.7 Å². The minimum absolute atomic E-state index is 0.113. The van der Waals surface area contributed by atoms with Crippen molar-refractivity contribution >= 4 is 29.1 Å². The van der Waals surface area contributed by atoms with Gasteiger partial charge in [0.15, 0.2) is 5.76 Å². The number of hydrogen-bond donors (Lipinski definition) is 2. The van der Waals surface area contributed by atoms with Gasteiger partial charge in [-0.2, -0.15) is 0 Å². The van der Waals surface area contributed by atoms with Gasteiger partial charge < -0.3 is 19.8 Å². The van der Waals surface area contributed by atoms with Crippen molar-refractivity contribution in [2.45, 2.75) is 13.5 Å². The van der Waals surface area contributed by atoms with Gasteiger partial charge in [0.05, 0.1) is 6.54 Å². The molecule has 0 fully saturated rings. The van der Waals surface area contributed by atoms with Crippen LogP contribution < -0.4 is 15.4 Å². The lowest BCUT2D eigenvalue weighted by Gasteiger charge is -2.09. The van der Waals surface area contributed by atoms with Gasteiger partial charge in [0.1, 0.15) is 18.1 Å². The molecular formula is C21H19ClN2O4. The smallest absolute Gasteiger partial charge is 0.287 e. The van der Waals surface area contributed by atoms with Crippen molar-refractivity contribution in [2.75, 3.05) is 11.9 Å². The predicted octanol–water partition coefficient (Wildman–Crippen LogP) is 4.19. The predicted molar refractivity (Wildman–Crippen MR) is 107 cm³/mol. The Kier molecular flexibility index (Phi) is 6.34. The van der Waals surface area contributed by atoms with E-state index in [4.69, 9.17) is 20.8 Å². The van der Waals surface area contributed by atoms with Gasteiger partial charge in [-0.3, -0.25) is 9.59 Å².